The molecule has 0 fully saturated rings. The van der Waals surface area contributed by atoms with Gasteiger partial charge in [0.15, 0.2) is 0 Å². The molecule has 0 spiro atoms. The quantitative estimate of drug-likeness (QED) is 0.762. The van der Waals surface area contributed by atoms with Crippen LogP contribution in [-0.4, -0.2) is 18.8 Å². The molecule has 0 saturated heterocycles. The summed E-state index contributed by atoms with van der Waals surface area (Å²) in [5.41, 5.74) is 6.46. The summed E-state index contributed by atoms with van der Waals surface area (Å²) in [7, 11) is 0. The van der Waals surface area contributed by atoms with Gasteiger partial charge in [-0.15, -0.1) is 0 Å². The zero-order valence-corrected chi connectivity index (χ0v) is 8.84. The monoisotopic (exact) mass is 247 g/mol. The number of anilines is 1. The van der Waals surface area contributed by atoms with Crippen molar-refractivity contribution in [2.24, 2.45) is 5.73 Å². The molecule has 0 aliphatic rings. The molecule has 4 nitrogen and oxygen atoms in total. The second-order valence-electron chi connectivity index (χ2n) is 3.28. The molecule has 0 atom stereocenters. The van der Waals surface area contributed by atoms with Crippen LogP contribution in [0.1, 0.15) is 5.56 Å². The number of rotatable bonds is 3. The Balaban J connectivity index is 2.56. The first-order valence-electron chi connectivity index (χ1n) is 4.82. The smallest absolute Gasteiger partial charge is 0.329 e. The lowest BCUT2D eigenvalue weighted by Gasteiger charge is -2.11. The van der Waals surface area contributed by atoms with Gasteiger partial charge in [0.2, 0.25) is 0 Å². The number of halogens is 3. The van der Waals surface area contributed by atoms with Crippen LogP contribution in [0.25, 0.3) is 0 Å². The number of nitrogens with one attached hydrogen (secondary N) is 2. The maximum atomic E-state index is 11.8. The lowest BCUT2D eigenvalue weighted by molar-refractivity contribution is -0.122. The molecule has 0 aromatic heterocycles. The topological polar surface area (TPSA) is 67.1 Å². The minimum Gasteiger partial charge on any atom is -0.329 e. The maximum Gasteiger partial charge on any atom is 0.405 e. The lowest BCUT2D eigenvalue weighted by atomic mass is 10.2. The molecule has 1 aromatic carbocycles. The summed E-state index contributed by atoms with van der Waals surface area (Å²) in [6, 6.07) is 5.71. The molecular weight excluding hydrogens is 235 g/mol. The van der Waals surface area contributed by atoms with Crippen molar-refractivity contribution >= 4 is 11.7 Å². The number of benzene rings is 1. The van der Waals surface area contributed by atoms with Gasteiger partial charge in [0, 0.05) is 12.2 Å². The Bertz CT molecular complexity index is 393. The van der Waals surface area contributed by atoms with Crippen molar-refractivity contribution in [3.05, 3.63) is 29.8 Å². The number of urea groups is 1. The van der Waals surface area contributed by atoms with Crippen molar-refractivity contribution in [3.63, 3.8) is 0 Å². The molecule has 4 N–H and O–H groups in total. The summed E-state index contributed by atoms with van der Waals surface area (Å²) in [5, 5.41) is 4.01. The van der Waals surface area contributed by atoms with E-state index < -0.39 is 18.8 Å². The van der Waals surface area contributed by atoms with Crippen LogP contribution < -0.4 is 16.4 Å². The van der Waals surface area contributed by atoms with Gasteiger partial charge in [-0.3, -0.25) is 0 Å². The van der Waals surface area contributed by atoms with Crippen molar-refractivity contribution in [1.82, 2.24) is 5.32 Å². The van der Waals surface area contributed by atoms with Gasteiger partial charge in [-0.2, -0.15) is 13.2 Å². The normalized spacial score (nSPS) is 11.1. The van der Waals surface area contributed by atoms with Crippen LogP contribution in [0.5, 0.6) is 0 Å². The molecule has 0 heterocycles. The molecule has 0 saturated carbocycles. The summed E-state index contributed by atoms with van der Waals surface area (Å²) in [4.78, 5) is 11.2. The van der Waals surface area contributed by atoms with Crippen LogP contribution in [0.3, 0.4) is 0 Å². The van der Waals surface area contributed by atoms with Crippen LogP contribution in [0.2, 0.25) is 0 Å². The van der Waals surface area contributed by atoms with Crippen molar-refractivity contribution in [2.75, 3.05) is 11.9 Å². The Labute approximate surface area is 96.0 Å². The van der Waals surface area contributed by atoms with Crippen molar-refractivity contribution in [1.29, 1.82) is 0 Å². The highest BCUT2D eigenvalue weighted by Crippen LogP contribution is 2.15. The van der Waals surface area contributed by atoms with E-state index in [-0.39, 0.29) is 6.54 Å². The average molecular weight is 247 g/mol. The maximum absolute atomic E-state index is 11.8. The van der Waals surface area contributed by atoms with Crippen LogP contribution in [0, 0.1) is 0 Å². The number of amides is 2. The number of hydrogen-bond acceptors (Lipinski definition) is 2. The summed E-state index contributed by atoms with van der Waals surface area (Å²) in [6.45, 7) is -1.18. The Kier molecular flexibility index (Phi) is 4.33. The van der Waals surface area contributed by atoms with Gasteiger partial charge in [-0.1, -0.05) is 18.2 Å². The fourth-order valence-electron chi connectivity index (χ4n) is 1.17. The summed E-state index contributed by atoms with van der Waals surface area (Å²) in [5.74, 6) is 0. The molecule has 0 radical (unpaired) electrons. The lowest BCUT2D eigenvalue weighted by Crippen LogP contribution is -2.36. The van der Waals surface area contributed by atoms with Gasteiger partial charge in [0.05, 0.1) is 0 Å². The number of alkyl halides is 3. The van der Waals surface area contributed by atoms with Gasteiger partial charge >= 0.3 is 12.2 Å². The predicted molar refractivity (Wildman–Crippen MR) is 57.4 cm³/mol. The fraction of sp³-hybridized carbons (Fsp3) is 0.300. The second kappa shape index (κ2) is 5.53. The van der Waals surface area contributed by atoms with Crippen LogP contribution in [-0.2, 0) is 6.54 Å². The summed E-state index contributed by atoms with van der Waals surface area (Å²) in [6.07, 6.45) is -4.43. The van der Waals surface area contributed by atoms with Crippen LogP contribution in [0.15, 0.2) is 24.3 Å². The van der Waals surface area contributed by atoms with E-state index in [1.807, 2.05) is 0 Å². The van der Waals surface area contributed by atoms with E-state index in [4.69, 9.17) is 5.73 Å². The van der Waals surface area contributed by atoms with Crippen molar-refractivity contribution < 1.29 is 18.0 Å². The Morgan fingerprint density at radius 2 is 1.94 bits per heavy atom. The standard InChI is InChI=1S/C10H12F3N3O/c11-10(12,13)6-15-9(17)16-8-4-2-1-3-7(8)5-14/h1-4H,5-6,14H2,(H2,15,16,17). The van der Waals surface area contributed by atoms with E-state index in [1.165, 1.54) is 0 Å². The van der Waals surface area contributed by atoms with Gasteiger partial charge in [0.1, 0.15) is 6.54 Å². The largest absolute Gasteiger partial charge is 0.405 e. The SMILES string of the molecule is NCc1ccccc1NC(=O)NCC(F)(F)F. The van der Waals surface area contributed by atoms with E-state index in [0.717, 1.165) is 0 Å². The Hall–Kier alpha value is -1.76. The number of carbonyl (C=O) groups excluding carboxylic acids is 1. The number of hydrogen-bond donors (Lipinski definition) is 3. The molecule has 0 unspecified atom stereocenters. The Morgan fingerprint density at radius 1 is 1.29 bits per heavy atom. The van der Waals surface area contributed by atoms with Gasteiger partial charge < -0.3 is 16.4 Å². The van der Waals surface area contributed by atoms with E-state index in [9.17, 15) is 18.0 Å². The van der Waals surface area contributed by atoms with E-state index >= 15 is 0 Å². The minimum atomic E-state index is -4.43. The molecule has 94 valence electrons. The van der Waals surface area contributed by atoms with Crippen LogP contribution in [0.4, 0.5) is 23.7 Å². The van der Waals surface area contributed by atoms with E-state index in [1.54, 1.807) is 29.6 Å². The molecule has 0 aliphatic heterocycles. The minimum absolute atomic E-state index is 0.190. The van der Waals surface area contributed by atoms with E-state index in [0.29, 0.717) is 11.3 Å². The van der Waals surface area contributed by atoms with Gasteiger partial charge in [-0.05, 0) is 11.6 Å². The second-order valence-corrected chi connectivity index (χ2v) is 3.28. The molecule has 17 heavy (non-hydrogen) atoms. The summed E-state index contributed by atoms with van der Waals surface area (Å²) >= 11 is 0. The van der Waals surface area contributed by atoms with Crippen molar-refractivity contribution in [2.45, 2.75) is 12.7 Å². The van der Waals surface area contributed by atoms with E-state index in [2.05, 4.69) is 5.32 Å². The molecule has 1 aromatic rings. The highest BCUT2D eigenvalue weighted by Gasteiger charge is 2.27. The average Bonchev–Trinajstić information content (AvgIpc) is 2.26. The number of para-hydroxylation sites is 1. The Morgan fingerprint density at radius 3 is 2.53 bits per heavy atom. The highest BCUT2D eigenvalue weighted by molar-refractivity contribution is 5.90. The number of carbonyl (C=O) groups is 1. The molecule has 1 rings (SSSR count). The van der Waals surface area contributed by atoms with Crippen LogP contribution >= 0.6 is 0 Å². The zero-order chi connectivity index (χ0) is 12.9. The first kappa shape index (κ1) is 13.3. The first-order valence-corrected chi connectivity index (χ1v) is 4.82. The fourth-order valence-corrected chi connectivity index (χ4v) is 1.17. The third-order valence-electron chi connectivity index (χ3n) is 1.93. The summed E-state index contributed by atoms with van der Waals surface area (Å²) < 4.78 is 35.5. The number of nitrogens with two attached hydrogens (primary N) is 1. The molecular formula is C10H12F3N3O. The highest BCUT2D eigenvalue weighted by atomic mass is 19.4. The first-order chi connectivity index (χ1) is 7.92. The van der Waals surface area contributed by atoms with Gasteiger partial charge in [0.25, 0.3) is 0 Å². The molecule has 2 amide bonds. The van der Waals surface area contributed by atoms with Crippen molar-refractivity contribution in [3.8, 4) is 0 Å². The molecule has 0 aliphatic carbocycles. The molecule has 7 heteroatoms. The predicted octanol–water partition coefficient (Wildman–Crippen LogP) is 1.83. The van der Waals surface area contributed by atoms with Gasteiger partial charge in [-0.25, -0.2) is 4.79 Å². The molecule has 0 bridgehead atoms. The third kappa shape index (κ3) is 4.73. The zero-order valence-electron chi connectivity index (χ0n) is 8.84. The third-order valence-corrected chi connectivity index (χ3v) is 1.93.